The van der Waals surface area contributed by atoms with Gasteiger partial charge in [0.15, 0.2) is 6.04 Å². The van der Waals surface area contributed by atoms with Gasteiger partial charge in [0.05, 0.1) is 12.1 Å². The summed E-state index contributed by atoms with van der Waals surface area (Å²) in [6.07, 6.45) is 1.64. The number of hydrogen-bond donors (Lipinski definition) is 6. The molecule has 0 radical (unpaired) electrons. The predicted octanol–water partition coefficient (Wildman–Crippen LogP) is -2.24. The molecule has 4 amide bonds. The molecule has 8 N–H and O–H groups in total. The maximum absolute atomic E-state index is 13.2. The van der Waals surface area contributed by atoms with Crippen molar-refractivity contribution in [2.24, 2.45) is 11.5 Å². The molecule has 1 saturated heterocycles. The van der Waals surface area contributed by atoms with Gasteiger partial charge in [-0.15, -0.1) is 0 Å². The van der Waals surface area contributed by atoms with Crippen LogP contribution in [-0.4, -0.2) is 93.5 Å². The number of carboxylic acids is 1. The lowest BCUT2D eigenvalue weighted by Gasteiger charge is -2.30. The molecule has 182 valence electrons. The summed E-state index contributed by atoms with van der Waals surface area (Å²) >= 11 is 1.47. The second kappa shape index (κ2) is 13.2. The molecule has 13 heteroatoms. The summed E-state index contributed by atoms with van der Waals surface area (Å²) in [4.78, 5) is 61.8. The van der Waals surface area contributed by atoms with E-state index in [0.29, 0.717) is 25.0 Å². The highest BCUT2D eigenvalue weighted by Crippen LogP contribution is 2.20. The molecule has 0 aliphatic carbocycles. The molecule has 5 atom stereocenters. The summed E-state index contributed by atoms with van der Waals surface area (Å²) in [5, 5.41) is 23.7. The third kappa shape index (κ3) is 8.28. The number of carbonyl (C=O) groups excluding carboxylic acids is 4. The lowest BCUT2D eigenvalue weighted by Crippen LogP contribution is -2.58. The lowest BCUT2D eigenvalue weighted by molar-refractivity contribution is -0.147. The van der Waals surface area contributed by atoms with Crippen LogP contribution in [0, 0.1) is 0 Å². The van der Waals surface area contributed by atoms with Crippen LogP contribution in [0.2, 0.25) is 0 Å². The van der Waals surface area contributed by atoms with Crippen LogP contribution < -0.4 is 22.1 Å². The van der Waals surface area contributed by atoms with Crippen LogP contribution in [0.1, 0.15) is 39.0 Å². The van der Waals surface area contributed by atoms with Gasteiger partial charge in [-0.25, -0.2) is 4.79 Å². The van der Waals surface area contributed by atoms with E-state index in [2.05, 4.69) is 10.6 Å². The quantitative estimate of drug-likeness (QED) is 0.170. The van der Waals surface area contributed by atoms with Gasteiger partial charge < -0.3 is 37.2 Å². The van der Waals surface area contributed by atoms with Crippen LogP contribution in [0.4, 0.5) is 0 Å². The van der Waals surface area contributed by atoms with Crippen molar-refractivity contribution in [3.05, 3.63) is 0 Å². The second-order valence-electron chi connectivity index (χ2n) is 7.71. The first-order valence-corrected chi connectivity index (χ1v) is 11.7. The Balaban J connectivity index is 2.90. The fourth-order valence-electron chi connectivity index (χ4n) is 3.34. The summed E-state index contributed by atoms with van der Waals surface area (Å²) in [6.45, 7) is 1.51. The molecule has 1 rings (SSSR count). The molecule has 12 nitrogen and oxygen atoms in total. The molecule has 0 saturated carbocycles. The third-order valence-electron chi connectivity index (χ3n) is 5.15. The van der Waals surface area contributed by atoms with E-state index in [4.69, 9.17) is 11.5 Å². The lowest BCUT2D eigenvalue weighted by atomic mass is 10.1. The monoisotopic (exact) mass is 475 g/mol. The third-order valence-corrected chi connectivity index (χ3v) is 5.79. The highest BCUT2D eigenvalue weighted by molar-refractivity contribution is 7.98. The SMILES string of the molecule is CSCCC(NC(=O)C(N)CCC(N)=O)C(=O)N1CCCC1C(=O)NC(C(=O)O)C(C)O. The summed E-state index contributed by atoms with van der Waals surface area (Å²) in [5.41, 5.74) is 10.9. The van der Waals surface area contributed by atoms with Crippen LogP contribution in [0.5, 0.6) is 0 Å². The van der Waals surface area contributed by atoms with Crippen LogP contribution in [0.25, 0.3) is 0 Å². The van der Waals surface area contributed by atoms with Crippen LogP contribution in [0.15, 0.2) is 0 Å². The summed E-state index contributed by atoms with van der Waals surface area (Å²) in [6, 6.07) is -4.38. The van der Waals surface area contributed by atoms with E-state index in [-0.39, 0.29) is 19.4 Å². The molecule has 1 aliphatic heterocycles. The number of aliphatic carboxylic acids is 1. The van der Waals surface area contributed by atoms with Crippen molar-refractivity contribution in [1.82, 2.24) is 15.5 Å². The first-order valence-electron chi connectivity index (χ1n) is 10.3. The zero-order chi connectivity index (χ0) is 24.4. The van der Waals surface area contributed by atoms with Crippen molar-refractivity contribution in [3.8, 4) is 0 Å². The number of hydrogen-bond acceptors (Lipinski definition) is 8. The summed E-state index contributed by atoms with van der Waals surface area (Å²) in [5.74, 6) is -3.19. The van der Waals surface area contributed by atoms with Gasteiger partial charge in [-0.3, -0.25) is 19.2 Å². The minimum Gasteiger partial charge on any atom is -0.480 e. The van der Waals surface area contributed by atoms with E-state index in [0.717, 1.165) is 0 Å². The summed E-state index contributed by atoms with van der Waals surface area (Å²) < 4.78 is 0. The fraction of sp³-hybridized carbons (Fsp3) is 0.737. The normalized spacial score (nSPS) is 19.5. The van der Waals surface area contributed by atoms with Crippen molar-refractivity contribution in [3.63, 3.8) is 0 Å². The number of nitrogens with one attached hydrogen (secondary N) is 2. The smallest absolute Gasteiger partial charge is 0.328 e. The minimum atomic E-state index is -1.50. The summed E-state index contributed by atoms with van der Waals surface area (Å²) in [7, 11) is 0. The van der Waals surface area contributed by atoms with E-state index >= 15 is 0 Å². The number of aliphatic hydroxyl groups excluding tert-OH is 1. The van der Waals surface area contributed by atoms with Crippen molar-refractivity contribution in [1.29, 1.82) is 0 Å². The predicted molar refractivity (Wildman–Crippen MR) is 117 cm³/mol. The molecule has 1 fully saturated rings. The standard InChI is InChI=1S/C19H33N5O7S/c1-10(25)15(19(30)31)23-17(28)13-4-3-8-24(13)18(29)12(7-9-32-2)22-16(27)11(20)5-6-14(21)26/h10-13,15,25H,3-9,20H2,1-2H3,(H2,21,26)(H,22,27)(H,23,28)(H,30,31). The Morgan fingerprint density at radius 2 is 1.84 bits per heavy atom. The molecule has 0 aromatic carbocycles. The Morgan fingerprint density at radius 3 is 2.38 bits per heavy atom. The number of carboxylic acid groups (broad SMARTS) is 1. The molecule has 1 aliphatic rings. The van der Waals surface area contributed by atoms with Crippen molar-refractivity contribution < 1.29 is 34.2 Å². The van der Waals surface area contributed by atoms with Gasteiger partial charge in [0.25, 0.3) is 0 Å². The van der Waals surface area contributed by atoms with Gasteiger partial charge in [0.2, 0.25) is 23.6 Å². The van der Waals surface area contributed by atoms with Gasteiger partial charge in [0.1, 0.15) is 12.1 Å². The molecular weight excluding hydrogens is 442 g/mol. The zero-order valence-corrected chi connectivity index (χ0v) is 19.1. The highest BCUT2D eigenvalue weighted by atomic mass is 32.2. The fourth-order valence-corrected chi connectivity index (χ4v) is 3.81. The topological polar surface area (TPSA) is 205 Å². The van der Waals surface area contributed by atoms with E-state index in [1.807, 2.05) is 6.26 Å². The van der Waals surface area contributed by atoms with Crippen LogP contribution >= 0.6 is 11.8 Å². The van der Waals surface area contributed by atoms with Crippen molar-refractivity contribution in [2.45, 2.75) is 69.3 Å². The highest BCUT2D eigenvalue weighted by Gasteiger charge is 2.39. The second-order valence-corrected chi connectivity index (χ2v) is 8.69. The first-order chi connectivity index (χ1) is 15.0. The molecule has 32 heavy (non-hydrogen) atoms. The van der Waals surface area contributed by atoms with Crippen LogP contribution in [-0.2, 0) is 24.0 Å². The first kappa shape index (κ1) is 27.7. The number of aliphatic hydroxyl groups is 1. The number of nitrogens with zero attached hydrogens (tertiary/aromatic N) is 1. The van der Waals surface area contributed by atoms with Crippen molar-refractivity contribution >= 4 is 41.4 Å². The number of likely N-dealkylation sites (tertiary alicyclic amines) is 1. The average molecular weight is 476 g/mol. The number of amides is 4. The molecule has 0 aromatic rings. The van der Waals surface area contributed by atoms with Crippen molar-refractivity contribution in [2.75, 3.05) is 18.6 Å². The maximum atomic E-state index is 13.2. The largest absolute Gasteiger partial charge is 0.480 e. The van der Waals surface area contributed by atoms with E-state index in [9.17, 15) is 34.2 Å². The Bertz CT molecular complexity index is 706. The Kier molecular flexibility index (Phi) is 11.4. The number of carbonyl (C=O) groups is 5. The van der Waals surface area contributed by atoms with E-state index in [1.54, 1.807) is 0 Å². The zero-order valence-electron chi connectivity index (χ0n) is 18.3. The molecule has 0 bridgehead atoms. The Hall–Kier alpha value is -2.38. The number of nitrogens with two attached hydrogens (primary N) is 2. The molecule has 1 heterocycles. The Morgan fingerprint density at radius 1 is 1.19 bits per heavy atom. The van der Waals surface area contributed by atoms with Gasteiger partial charge in [0, 0.05) is 13.0 Å². The Labute approximate surface area is 190 Å². The van der Waals surface area contributed by atoms with Gasteiger partial charge in [-0.1, -0.05) is 0 Å². The van der Waals surface area contributed by atoms with Gasteiger partial charge in [-0.2, -0.15) is 11.8 Å². The molecule has 5 unspecified atom stereocenters. The average Bonchev–Trinajstić information content (AvgIpc) is 3.21. The van der Waals surface area contributed by atoms with Gasteiger partial charge in [-0.05, 0) is 44.6 Å². The molecular formula is C19H33N5O7S. The van der Waals surface area contributed by atoms with Gasteiger partial charge >= 0.3 is 5.97 Å². The maximum Gasteiger partial charge on any atom is 0.328 e. The minimum absolute atomic E-state index is 0.0370. The van der Waals surface area contributed by atoms with Crippen LogP contribution in [0.3, 0.4) is 0 Å². The number of rotatable bonds is 13. The van der Waals surface area contributed by atoms with E-state index in [1.165, 1.54) is 23.6 Å². The molecule has 0 spiro atoms. The number of thioether (sulfide) groups is 1. The number of primary amides is 1. The van der Waals surface area contributed by atoms with E-state index < -0.39 is 59.9 Å². The molecule has 0 aromatic heterocycles.